The van der Waals surface area contributed by atoms with Gasteiger partial charge in [0.05, 0.1) is 5.03 Å². The van der Waals surface area contributed by atoms with Gasteiger partial charge in [-0.2, -0.15) is 0 Å². The largest absolute Gasteiger partial charge is 0.399 e. The first-order chi connectivity index (χ1) is 7.75. The number of benzene rings is 1. The molecule has 0 unspecified atom stereocenters. The molecule has 82 valence electrons. The second-order valence-electron chi connectivity index (χ2n) is 3.31. The van der Waals surface area contributed by atoms with Gasteiger partial charge in [0, 0.05) is 22.7 Å². The quantitative estimate of drug-likeness (QED) is 0.668. The summed E-state index contributed by atoms with van der Waals surface area (Å²) in [5.41, 5.74) is 7.49. The van der Waals surface area contributed by atoms with Crippen LogP contribution in [0.4, 0.5) is 5.69 Å². The number of nitrogens with zero attached hydrogens (tertiary/aromatic N) is 1. The van der Waals surface area contributed by atoms with Gasteiger partial charge in [-0.3, -0.25) is 0 Å². The Morgan fingerprint density at radius 2 is 2.12 bits per heavy atom. The van der Waals surface area contributed by atoms with Crippen LogP contribution in [-0.4, -0.2) is 4.98 Å². The first-order valence-corrected chi connectivity index (χ1v) is 6.20. The van der Waals surface area contributed by atoms with Crippen LogP contribution in [0.3, 0.4) is 0 Å². The highest BCUT2D eigenvalue weighted by atomic mass is 35.5. The highest BCUT2D eigenvalue weighted by Crippen LogP contribution is 2.26. The Labute approximate surface area is 104 Å². The van der Waals surface area contributed by atoms with Crippen molar-refractivity contribution in [1.82, 2.24) is 4.98 Å². The van der Waals surface area contributed by atoms with Crippen LogP contribution in [0.1, 0.15) is 5.56 Å². The van der Waals surface area contributed by atoms with E-state index in [1.807, 2.05) is 30.3 Å². The second kappa shape index (κ2) is 5.23. The van der Waals surface area contributed by atoms with Gasteiger partial charge in [-0.15, -0.1) is 11.8 Å². The van der Waals surface area contributed by atoms with Crippen molar-refractivity contribution >= 4 is 29.1 Å². The number of nitrogen functional groups attached to an aromatic ring is 1. The van der Waals surface area contributed by atoms with Gasteiger partial charge in [0.15, 0.2) is 0 Å². The third kappa shape index (κ3) is 2.90. The van der Waals surface area contributed by atoms with Crippen LogP contribution >= 0.6 is 23.4 Å². The predicted octanol–water partition coefficient (Wildman–Crippen LogP) is 3.61. The predicted molar refractivity (Wildman–Crippen MR) is 69.7 cm³/mol. The molecule has 16 heavy (non-hydrogen) atoms. The zero-order valence-corrected chi connectivity index (χ0v) is 10.1. The monoisotopic (exact) mass is 250 g/mol. The molecule has 0 atom stereocenters. The van der Waals surface area contributed by atoms with Gasteiger partial charge < -0.3 is 5.73 Å². The number of hydrogen-bond acceptors (Lipinski definition) is 3. The Morgan fingerprint density at radius 1 is 1.25 bits per heavy atom. The van der Waals surface area contributed by atoms with E-state index in [-0.39, 0.29) is 0 Å². The molecule has 4 heteroatoms. The van der Waals surface area contributed by atoms with Gasteiger partial charge in [0.25, 0.3) is 0 Å². The van der Waals surface area contributed by atoms with Gasteiger partial charge in [0.1, 0.15) is 0 Å². The SMILES string of the molecule is Nc1ccc(Cl)c(CSc2ccccn2)c1. The van der Waals surface area contributed by atoms with E-state index in [2.05, 4.69) is 4.98 Å². The van der Waals surface area contributed by atoms with Crippen molar-refractivity contribution in [3.05, 3.63) is 53.2 Å². The summed E-state index contributed by atoms with van der Waals surface area (Å²) < 4.78 is 0. The van der Waals surface area contributed by atoms with Crippen molar-refractivity contribution in [3.63, 3.8) is 0 Å². The summed E-state index contributed by atoms with van der Waals surface area (Å²) in [5.74, 6) is 0.779. The maximum atomic E-state index is 6.07. The lowest BCUT2D eigenvalue weighted by Crippen LogP contribution is -1.89. The number of anilines is 1. The number of aromatic nitrogens is 1. The molecule has 0 saturated heterocycles. The first kappa shape index (κ1) is 11.3. The maximum absolute atomic E-state index is 6.07. The molecule has 0 aliphatic heterocycles. The van der Waals surface area contributed by atoms with E-state index >= 15 is 0 Å². The summed E-state index contributed by atoms with van der Waals surface area (Å²) in [6.45, 7) is 0. The molecular formula is C12H11ClN2S. The van der Waals surface area contributed by atoms with Crippen LogP contribution in [0, 0.1) is 0 Å². The van der Waals surface area contributed by atoms with E-state index in [4.69, 9.17) is 17.3 Å². The fraction of sp³-hybridized carbons (Fsp3) is 0.0833. The van der Waals surface area contributed by atoms with Crippen molar-refractivity contribution in [2.24, 2.45) is 0 Å². The van der Waals surface area contributed by atoms with E-state index in [0.717, 1.165) is 27.1 Å². The molecule has 0 aliphatic carbocycles. The molecule has 1 heterocycles. The number of halogens is 1. The zero-order valence-electron chi connectivity index (χ0n) is 8.56. The number of pyridine rings is 1. The topological polar surface area (TPSA) is 38.9 Å². The lowest BCUT2D eigenvalue weighted by Gasteiger charge is -2.04. The van der Waals surface area contributed by atoms with Gasteiger partial charge >= 0.3 is 0 Å². The average molecular weight is 251 g/mol. The number of nitrogens with two attached hydrogens (primary N) is 1. The summed E-state index contributed by atoms with van der Waals surface area (Å²) in [6, 6.07) is 11.4. The Morgan fingerprint density at radius 3 is 2.88 bits per heavy atom. The Kier molecular flexibility index (Phi) is 3.70. The van der Waals surface area contributed by atoms with Crippen molar-refractivity contribution in [1.29, 1.82) is 0 Å². The van der Waals surface area contributed by atoms with E-state index in [1.165, 1.54) is 0 Å². The second-order valence-corrected chi connectivity index (χ2v) is 4.71. The van der Waals surface area contributed by atoms with Gasteiger partial charge in [-0.1, -0.05) is 17.7 Å². The molecule has 0 bridgehead atoms. The molecule has 1 aromatic carbocycles. The summed E-state index contributed by atoms with van der Waals surface area (Å²) in [7, 11) is 0. The van der Waals surface area contributed by atoms with Crippen LogP contribution in [-0.2, 0) is 5.75 Å². The number of rotatable bonds is 3. The third-order valence-electron chi connectivity index (χ3n) is 2.08. The van der Waals surface area contributed by atoms with Crippen molar-refractivity contribution in [2.75, 3.05) is 5.73 Å². The number of thioether (sulfide) groups is 1. The van der Waals surface area contributed by atoms with Crippen LogP contribution in [0.5, 0.6) is 0 Å². The van der Waals surface area contributed by atoms with Gasteiger partial charge in [-0.05, 0) is 35.9 Å². The van der Waals surface area contributed by atoms with Crippen LogP contribution in [0.2, 0.25) is 5.02 Å². The molecule has 0 amide bonds. The zero-order chi connectivity index (χ0) is 11.4. The molecule has 1 aromatic heterocycles. The van der Waals surface area contributed by atoms with E-state index in [0.29, 0.717) is 0 Å². The Balaban J connectivity index is 2.08. The molecule has 0 fully saturated rings. The average Bonchev–Trinajstić information content (AvgIpc) is 2.32. The Hall–Kier alpha value is -1.19. The minimum absolute atomic E-state index is 0.737. The normalized spacial score (nSPS) is 10.3. The fourth-order valence-corrected chi connectivity index (χ4v) is 2.41. The van der Waals surface area contributed by atoms with E-state index in [1.54, 1.807) is 24.0 Å². The molecule has 2 N–H and O–H groups in total. The number of hydrogen-bond donors (Lipinski definition) is 1. The van der Waals surface area contributed by atoms with Crippen molar-refractivity contribution in [2.45, 2.75) is 10.8 Å². The first-order valence-electron chi connectivity index (χ1n) is 4.83. The van der Waals surface area contributed by atoms with Crippen molar-refractivity contribution in [3.8, 4) is 0 Å². The molecule has 0 aliphatic rings. The molecule has 2 rings (SSSR count). The minimum Gasteiger partial charge on any atom is -0.399 e. The minimum atomic E-state index is 0.737. The summed E-state index contributed by atoms with van der Waals surface area (Å²) >= 11 is 7.72. The molecule has 0 radical (unpaired) electrons. The molecular weight excluding hydrogens is 240 g/mol. The standard InChI is InChI=1S/C12H11ClN2S/c13-11-5-4-10(14)7-9(11)8-16-12-3-1-2-6-15-12/h1-7H,8,14H2. The van der Waals surface area contributed by atoms with Gasteiger partial charge in [0.2, 0.25) is 0 Å². The van der Waals surface area contributed by atoms with Crippen LogP contribution in [0.15, 0.2) is 47.6 Å². The fourth-order valence-electron chi connectivity index (χ4n) is 1.29. The molecule has 2 nitrogen and oxygen atoms in total. The highest BCUT2D eigenvalue weighted by molar-refractivity contribution is 7.98. The third-order valence-corrected chi connectivity index (χ3v) is 3.44. The molecule has 0 spiro atoms. The lowest BCUT2D eigenvalue weighted by atomic mass is 10.2. The van der Waals surface area contributed by atoms with Crippen LogP contribution in [0.25, 0.3) is 0 Å². The van der Waals surface area contributed by atoms with Crippen LogP contribution < -0.4 is 5.73 Å². The molecule has 0 saturated carbocycles. The van der Waals surface area contributed by atoms with E-state index in [9.17, 15) is 0 Å². The lowest BCUT2D eigenvalue weighted by molar-refractivity contribution is 1.13. The molecule has 2 aromatic rings. The summed E-state index contributed by atoms with van der Waals surface area (Å²) in [6.07, 6.45) is 1.78. The Bertz CT molecular complexity index is 474. The van der Waals surface area contributed by atoms with Crippen molar-refractivity contribution < 1.29 is 0 Å². The highest BCUT2D eigenvalue weighted by Gasteiger charge is 2.02. The summed E-state index contributed by atoms with van der Waals surface area (Å²) in [5, 5.41) is 1.73. The van der Waals surface area contributed by atoms with Gasteiger partial charge in [-0.25, -0.2) is 4.98 Å². The maximum Gasteiger partial charge on any atom is 0.0963 e. The summed E-state index contributed by atoms with van der Waals surface area (Å²) in [4.78, 5) is 4.23. The smallest absolute Gasteiger partial charge is 0.0963 e. The van der Waals surface area contributed by atoms with E-state index < -0.39 is 0 Å².